The van der Waals surface area contributed by atoms with Crippen LogP contribution in [-0.2, 0) is 4.74 Å². The number of rotatable bonds is 4. The summed E-state index contributed by atoms with van der Waals surface area (Å²) in [6.45, 7) is 48.1. The van der Waals surface area contributed by atoms with E-state index in [2.05, 4.69) is 92.1 Å². The molecule has 7 heteroatoms. The Morgan fingerprint density at radius 1 is 0.432 bits per heavy atom. The van der Waals surface area contributed by atoms with Crippen LogP contribution in [0.5, 0.6) is 0 Å². The zero-order chi connectivity index (χ0) is 34.8. The van der Waals surface area contributed by atoms with Crippen LogP contribution in [0.3, 0.4) is 0 Å². The standard InChI is InChI=1S/C8H17N.C7H16N2.C7H15NO.C7H15NS.4C2H6/c1-8(2)9-6-4-3-5-7-9;1-7(2)9-5-3-8-4-6-9;2*1-7(2)8-3-5-9-6-4-8;4*1-2/h8H,3-7H2,1-2H3;7-8H,3-6H2,1-2H3;2*7H,3-6H2,1-2H3;4*1-2H3. The van der Waals surface area contributed by atoms with Crippen LogP contribution in [0.1, 0.15) is 130 Å². The molecular weight excluding hydrogens is 563 g/mol. The number of thioether (sulfide) groups is 1. The number of piperidine rings is 1. The van der Waals surface area contributed by atoms with Crippen molar-refractivity contribution in [3.8, 4) is 0 Å². The Hall–Kier alpha value is 0.110. The summed E-state index contributed by atoms with van der Waals surface area (Å²) in [5.41, 5.74) is 0. The Balaban J connectivity index is -0.000000225. The molecule has 1 N–H and O–H groups in total. The molecule has 4 rings (SSSR count). The molecule has 0 saturated carbocycles. The average Bonchev–Trinajstić information content (AvgIpc) is 3.11. The second-order valence-electron chi connectivity index (χ2n) is 11.6. The third-order valence-electron chi connectivity index (χ3n) is 7.55. The first-order valence-corrected chi connectivity index (χ1v) is 20.2. The predicted molar refractivity (Wildman–Crippen MR) is 207 cm³/mol. The lowest BCUT2D eigenvalue weighted by atomic mass is 10.1. The molecule has 0 aliphatic carbocycles. The van der Waals surface area contributed by atoms with Crippen LogP contribution in [0, 0.1) is 0 Å². The van der Waals surface area contributed by atoms with Crippen LogP contribution in [0.4, 0.5) is 0 Å². The molecule has 44 heavy (non-hydrogen) atoms. The molecule has 6 nitrogen and oxygen atoms in total. The van der Waals surface area contributed by atoms with Crippen LogP contribution in [-0.4, -0.2) is 134 Å². The minimum Gasteiger partial charge on any atom is -0.379 e. The lowest BCUT2D eigenvalue weighted by Crippen LogP contribution is -2.46. The molecule has 0 amide bonds. The van der Waals surface area contributed by atoms with Crippen molar-refractivity contribution in [1.29, 1.82) is 0 Å². The summed E-state index contributed by atoms with van der Waals surface area (Å²) in [7, 11) is 0. The first-order valence-electron chi connectivity index (χ1n) is 19.0. The van der Waals surface area contributed by atoms with Crippen molar-refractivity contribution in [3.05, 3.63) is 0 Å². The molecule has 4 heterocycles. The van der Waals surface area contributed by atoms with Crippen LogP contribution < -0.4 is 5.32 Å². The second kappa shape index (κ2) is 39.3. The van der Waals surface area contributed by atoms with Crippen molar-refractivity contribution in [1.82, 2.24) is 24.9 Å². The quantitative estimate of drug-likeness (QED) is 0.327. The van der Waals surface area contributed by atoms with Crippen molar-refractivity contribution in [2.45, 2.75) is 154 Å². The van der Waals surface area contributed by atoms with Gasteiger partial charge in [-0.1, -0.05) is 61.8 Å². The van der Waals surface area contributed by atoms with Gasteiger partial charge in [0.2, 0.25) is 0 Å². The van der Waals surface area contributed by atoms with E-state index in [-0.39, 0.29) is 0 Å². The maximum absolute atomic E-state index is 5.21. The largest absolute Gasteiger partial charge is 0.379 e. The second-order valence-corrected chi connectivity index (χ2v) is 12.8. The highest BCUT2D eigenvalue weighted by Gasteiger charge is 2.14. The topological polar surface area (TPSA) is 34.2 Å². The molecule has 4 aliphatic rings. The van der Waals surface area contributed by atoms with E-state index in [1.54, 1.807) is 0 Å². The highest BCUT2D eigenvalue weighted by molar-refractivity contribution is 7.99. The number of ether oxygens (including phenoxy) is 1. The number of likely N-dealkylation sites (tertiary alicyclic amines) is 1. The number of hydrogen-bond acceptors (Lipinski definition) is 7. The molecule has 272 valence electrons. The smallest absolute Gasteiger partial charge is 0.0594 e. The van der Waals surface area contributed by atoms with Crippen LogP contribution in [0.2, 0.25) is 0 Å². The lowest BCUT2D eigenvalue weighted by Gasteiger charge is -2.30. The Morgan fingerprint density at radius 2 is 0.750 bits per heavy atom. The van der Waals surface area contributed by atoms with Crippen molar-refractivity contribution < 1.29 is 4.74 Å². The zero-order valence-electron chi connectivity index (χ0n) is 33.4. The van der Waals surface area contributed by atoms with E-state index in [1.165, 1.54) is 70.0 Å². The maximum atomic E-state index is 5.21. The van der Waals surface area contributed by atoms with Gasteiger partial charge in [-0.3, -0.25) is 14.7 Å². The minimum atomic E-state index is 0.689. The normalized spacial score (nSPS) is 19.4. The SMILES string of the molecule is CC.CC.CC.CC.CC(C)N1CCCCC1.CC(C)N1CCNCC1.CC(C)N1CCOCC1.CC(C)N1CCSCC1. The summed E-state index contributed by atoms with van der Waals surface area (Å²) < 4.78 is 5.21. The summed E-state index contributed by atoms with van der Waals surface area (Å²) in [5, 5.41) is 3.33. The Kier molecular flexibility index (Phi) is 45.5. The van der Waals surface area contributed by atoms with Gasteiger partial charge in [0.1, 0.15) is 0 Å². The fraction of sp³-hybridized carbons (Fsp3) is 1.00. The maximum Gasteiger partial charge on any atom is 0.0594 e. The summed E-state index contributed by atoms with van der Waals surface area (Å²) >= 11 is 2.07. The fourth-order valence-corrected chi connectivity index (χ4v) is 5.75. The summed E-state index contributed by atoms with van der Waals surface area (Å²) in [4.78, 5) is 10.0. The van der Waals surface area contributed by atoms with Gasteiger partial charge in [0.25, 0.3) is 0 Å². The molecule has 0 unspecified atom stereocenters. The number of piperazine rings is 1. The highest BCUT2D eigenvalue weighted by Crippen LogP contribution is 2.11. The van der Waals surface area contributed by atoms with Gasteiger partial charge in [0.15, 0.2) is 0 Å². The Labute approximate surface area is 285 Å². The summed E-state index contributed by atoms with van der Waals surface area (Å²) in [6.07, 6.45) is 4.28. The van der Waals surface area contributed by atoms with Crippen molar-refractivity contribution >= 4 is 11.8 Å². The molecule has 0 spiro atoms. The van der Waals surface area contributed by atoms with Gasteiger partial charge in [-0.15, -0.1) is 0 Å². The van der Waals surface area contributed by atoms with Crippen LogP contribution >= 0.6 is 11.8 Å². The van der Waals surface area contributed by atoms with E-state index < -0.39 is 0 Å². The van der Waals surface area contributed by atoms with Gasteiger partial charge >= 0.3 is 0 Å². The monoisotopic (exact) mass is 650 g/mol. The lowest BCUT2D eigenvalue weighted by molar-refractivity contribution is 0.0238. The molecule has 0 atom stereocenters. The van der Waals surface area contributed by atoms with E-state index >= 15 is 0 Å². The van der Waals surface area contributed by atoms with Gasteiger partial charge in [-0.2, -0.15) is 11.8 Å². The Morgan fingerprint density at radius 3 is 1.02 bits per heavy atom. The molecule has 4 saturated heterocycles. The van der Waals surface area contributed by atoms with Gasteiger partial charge < -0.3 is 15.0 Å². The van der Waals surface area contributed by atoms with Gasteiger partial charge in [-0.05, 0) is 81.3 Å². The molecule has 0 aromatic heterocycles. The summed E-state index contributed by atoms with van der Waals surface area (Å²) in [6, 6.07) is 2.94. The first kappa shape index (κ1) is 51.0. The van der Waals surface area contributed by atoms with E-state index in [0.717, 1.165) is 57.5 Å². The van der Waals surface area contributed by atoms with E-state index in [9.17, 15) is 0 Å². The molecule has 0 radical (unpaired) electrons. The number of nitrogens with one attached hydrogen (secondary N) is 1. The molecule has 4 aliphatic heterocycles. The third-order valence-corrected chi connectivity index (χ3v) is 8.50. The van der Waals surface area contributed by atoms with Gasteiger partial charge in [-0.25, -0.2) is 0 Å². The van der Waals surface area contributed by atoms with Gasteiger partial charge in [0.05, 0.1) is 13.2 Å². The van der Waals surface area contributed by atoms with Crippen LogP contribution in [0.15, 0.2) is 0 Å². The summed E-state index contributed by atoms with van der Waals surface area (Å²) in [5.74, 6) is 2.66. The highest BCUT2D eigenvalue weighted by atomic mass is 32.2. The molecule has 0 aromatic carbocycles. The fourth-order valence-electron chi connectivity index (χ4n) is 4.82. The third kappa shape index (κ3) is 30.7. The average molecular weight is 650 g/mol. The van der Waals surface area contributed by atoms with E-state index in [0.29, 0.717) is 6.04 Å². The van der Waals surface area contributed by atoms with E-state index in [4.69, 9.17) is 4.74 Å². The van der Waals surface area contributed by atoms with Crippen molar-refractivity contribution in [3.63, 3.8) is 0 Å². The molecular formula is C37H87N5OS. The van der Waals surface area contributed by atoms with Gasteiger partial charge in [0, 0.05) is 88.0 Å². The molecule has 0 aromatic rings. The van der Waals surface area contributed by atoms with Crippen molar-refractivity contribution in [2.24, 2.45) is 0 Å². The predicted octanol–water partition coefficient (Wildman–Crippen LogP) is 8.46. The number of morpholine rings is 1. The van der Waals surface area contributed by atoms with Crippen LogP contribution in [0.25, 0.3) is 0 Å². The number of hydrogen-bond donors (Lipinski definition) is 1. The molecule has 0 bridgehead atoms. The molecule has 4 fully saturated rings. The zero-order valence-corrected chi connectivity index (χ0v) is 34.3. The minimum absolute atomic E-state index is 0.689. The number of nitrogens with zero attached hydrogens (tertiary/aromatic N) is 4. The first-order chi connectivity index (χ1) is 21.2. The van der Waals surface area contributed by atoms with E-state index in [1.807, 2.05) is 55.4 Å². The van der Waals surface area contributed by atoms with Crippen molar-refractivity contribution in [2.75, 3.05) is 90.2 Å². The Bertz CT molecular complexity index is 396.